The van der Waals surface area contributed by atoms with E-state index in [0.29, 0.717) is 0 Å². The molecule has 1 heterocycles. The molecule has 0 aliphatic carbocycles. The molecule has 0 amide bonds. The Morgan fingerprint density at radius 3 is 1.57 bits per heavy atom. The predicted octanol–water partition coefficient (Wildman–Crippen LogP) is 5.57. The van der Waals surface area contributed by atoms with Gasteiger partial charge in [0.1, 0.15) is 0 Å². The minimum atomic E-state index is -3.46. The Kier molecular flexibility index (Phi) is 4.41. The topological polar surface area (TPSA) is 12.5 Å². The number of benzene rings is 4. The molecule has 5 rings (SSSR count). The zero-order chi connectivity index (χ0) is 20.6. The van der Waals surface area contributed by atoms with Crippen molar-refractivity contribution in [3.05, 3.63) is 115 Å². The Morgan fingerprint density at radius 1 is 0.667 bits per heavy atom. The molecule has 0 atom stereocenters. The molecule has 0 spiro atoms. The first-order chi connectivity index (χ1) is 14.7. The normalized spacial score (nSPS) is 17.4. The van der Waals surface area contributed by atoms with Crippen LogP contribution in [0.2, 0.25) is 0 Å². The number of fused-ring (bicyclic) bond motifs is 1. The molecule has 0 saturated carbocycles. The van der Waals surface area contributed by atoms with Crippen LogP contribution >= 0.6 is 6.98 Å². The van der Waals surface area contributed by atoms with Crippen molar-refractivity contribution in [1.82, 2.24) is 0 Å². The van der Waals surface area contributed by atoms with E-state index in [4.69, 9.17) is 4.52 Å². The number of hydrogen-bond donors (Lipinski definition) is 0. The third-order valence-electron chi connectivity index (χ3n) is 6.13. The predicted molar refractivity (Wildman–Crippen MR) is 130 cm³/mol. The second-order valence-electron chi connectivity index (χ2n) is 7.78. The second-order valence-corrected chi connectivity index (χ2v) is 12.0. The fraction of sp³-hybridized carbons (Fsp3) is 0.111. The van der Waals surface area contributed by atoms with E-state index in [0.717, 1.165) is 12.3 Å². The number of nitrogens with zero attached hydrogens (tertiary/aromatic N) is 1. The van der Waals surface area contributed by atoms with Crippen molar-refractivity contribution < 1.29 is 4.52 Å². The molecule has 0 aromatic heterocycles. The molecule has 0 N–H and O–H groups in total. The monoisotopic (exact) mass is 411 g/mol. The summed E-state index contributed by atoms with van der Waals surface area (Å²) >= 11 is 0. The molecular weight excluding hydrogens is 385 g/mol. The van der Waals surface area contributed by atoms with Crippen LogP contribution in [0.25, 0.3) is 0 Å². The van der Waals surface area contributed by atoms with Crippen molar-refractivity contribution in [3.63, 3.8) is 0 Å². The van der Waals surface area contributed by atoms with Gasteiger partial charge in [-0.1, -0.05) is 0 Å². The average Bonchev–Trinajstić information content (AvgIpc) is 3.13. The van der Waals surface area contributed by atoms with E-state index in [-0.39, 0.29) is 0 Å². The van der Waals surface area contributed by atoms with Crippen molar-refractivity contribution in [2.45, 2.75) is 13.8 Å². The summed E-state index contributed by atoms with van der Waals surface area (Å²) in [5, 5.41) is 3.66. The maximum absolute atomic E-state index is 7.36. The third-order valence-corrected chi connectivity index (χ3v) is 11.9. The summed E-state index contributed by atoms with van der Waals surface area (Å²) in [4.78, 5) is 0. The Morgan fingerprint density at radius 2 is 1.13 bits per heavy atom. The zero-order valence-corrected chi connectivity index (χ0v) is 18.3. The van der Waals surface area contributed by atoms with Crippen molar-refractivity contribution in [1.29, 1.82) is 0 Å². The second kappa shape index (κ2) is 7.00. The molecule has 150 valence electrons. The molecule has 2 nitrogen and oxygen atoms in total. The Balaban J connectivity index is 2.00. The summed E-state index contributed by atoms with van der Waals surface area (Å²) in [6.45, 7) is 1.76. The summed E-state index contributed by atoms with van der Waals surface area (Å²) in [7, 11) is 0. The van der Waals surface area contributed by atoms with Crippen LogP contribution < -0.4 is 25.1 Å². The van der Waals surface area contributed by atoms with Gasteiger partial charge in [-0.05, 0) is 0 Å². The molecule has 1 aliphatic heterocycles. The van der Waals surface area contributed by atoms with Crippen LogP contribution in [-0.4, -0.2) is 6.54 Å². The number of aryl methyl sites for hydroxylation is 1. The van der Waals surface area contributed by atoms with Crippen molar-refractivity contribution in [3.8, 4) is 5.75 Å². The Labute approximate surface area is 178 Å². The van der Waals surface area contributed by atoms with E-state index >= 15 is 0 Å². The van der Waals surface area contributed by atoms with Crippen LogP contribution in [0.1, 0.15) is 12.5 Å². The molecule has 4 aromatic carbocycles. The van der Waals surface area contributed by atoms with E-state index < -0.39 is 6.98 Å². The average molecular weight is 411 g/mol. The van der Waals surface area contributed by atoms with Gasteiger partial charge in [0.15, 0.2) is 0 Å². The molecular formula is C27H26NOP. The maximum atomic E-state index is 7.36. The fourth-order valence-corrected chi connectivity index (χ4v) is 10.9. The van der Waals surface area contributed by atoms with Gasteiger partial charge in [-0.3, -0.25) is 0 Å². The van der Waals surface area contributed by atoms with Gasteiger partial charge in [0.25, 0.3) is 0 Å². The standard InChI is InChI=1S/C27H26NOP/c1-3-28-26-21-22(2)19-20-27(26)29-30(28,23-13-7-4-8-14-23,24-15-9-5-10-16-24)25-17-11-6-12-18-25/h4-21H,3H2,1-2H3. The Hall–Kier alpha value is -3.09. The van der Waals surface area contributed by atoms with Crippen molar-refractivity contribution in [2.75, 3.05) is 11.2 Å². The van der Waals surface area contributed by atoms with Crippen LogP contribution in [0, 0.1) is 6.92 Å². The molecule has 1 aliphatic rings. The molecule has 0 saturated heterocycles. The van der Waals surface area contributed by atoms with Gasteiger partial charge in [0.05, 0.1) is 0 Å². The molecule has 0 fully saturated rings. The van der Waals surface area contributed by atoms with Gasteiger partial charge in [0, 0.05) is 0 Å². The Bertz CT molecular complexity index is 1080. The first kappa shape index (κ1) is 18.9. The summed E-state index contributed by atoms with van der Waals surface area (Å²) in [5.41, 5.74) is 2.41. The zero-order valence-electron chi connectivity index (χ0n) is 17.4. The number of anilines is 1. The van der Waals surface area contributed by atoms with E-state index in [9.17, 15) is 0 Å². The van der Waals surface area contributed by atoms with E-state index in [1.54, 1.807) is 0 Å². The van der Waals surface area contributed by atoms with Gasteiger partial charge in [-0.25, -0.2) is 0 Å². The van der Waals surface area contributed by atoms with Gasteiger partial charge in [-0.2, -0.15) is 0 Å². The first-order valence-electron chi connectivity index (χ1n) is 10.5. The minimum absolute atomic E-state index is 0.840. The van der Waals surface area contributed by atoms with Crippen LogP contribution in [0.4, 0.5) is 5.69 Å². The summed E-state index contributed by atoms with van der Waals surface area (Å²) in [6, 6.07) is 39.0. The fourth-order valence-electron chi connectivity index (χ4n) is 4.93. The molecule has 0 bridgehead atoms. The SMILES string of the molecule is CCN1c2cc(C)ccc2OP1(c1ccccc1)(c1ccccc1)c1ccccc1. The van der Waals surface area contributed by atoms with Gasteiger partial charge in [0.2, 0.25) is 0 Å². The molecule has 3 heteroatoms. The van der Waals surface area contributed by atoms with E-state index in [2.05, 4.69) is 128 Å². The van der Waals surface area contributed by atoms with Gasteiger partial charge in [-0.15, -0.1) is 0 Å². The number of hydrogen-bond acceptors (Lipinski definition) is 2. The number of rotatable bonds is 4. The van der Waals surface area contributed by atoms with Gasteiger partial charge >= 0.3 is 179 Å². The van der Waals surface area contributed by atoms with Crippen LogP contribution in [0.3, 0.4) is 0 Å². The molecule has 4 aromatic rings. The van der Waals surface area contributed by atoms with Crippen molar-refractivity contribution >= 4 is 28.6 Å². The molecule has 30 heavy (non-hydrogen) atoms. The van der Waals surface area contributed by atoms with Gasteiger partial charge < -0.3 is 0 Å². The third kappa shape index (κ3) is 2.35. The van der Waals surface area contributed by atoms with E-state index in [1.165, 1.54) is 27.2 Å². The van der Waals surface area contributed by atoms with Crippen LogP contribution in [0.15, 0.2) is 109 Å². The summed E-state index contributed by atoms with van der Waals surface area (Å²) in [5.74, 6) is 0.955. The van der Waals surface area contributed by atoms with Crippen molar-refractivity contribution in [2.24, 2.45) is 0 Å². The molecule has 0 unspecified atom stereocenters. The van der Waals surface area contributed by atoms with E-state index in [1.807, 2.05) is 0 Å². The molecule has 0 radical (unpaired) electrons. The van der Waals surface area contributed by atoms with Crippen LogP contribution in [-0.2, 0) is 0 Å². The summed E-state index contributed by atoms with van der Waals surface area (Å²) < 4.78 is 9.90. The quantitative estimate of drug-likeness (QED) is 0.407. The van der Waals surface area contributed by atoms with Crippen LogP contribution in [0.5, 0.6) is 5.75 Å². The first-order valence-corrected chi connectivity index (χ1v) is 12.6. The summed E-state index contributed by atoms with van der Waals surface area (Å²) in [6.07, 6.45) is 0.